The van der Waals surface area contributed by atoms with Gasteiger partial charge in [0, 0.05) is 6.04 Å². The fourth-order valence-corrected chi connectivity index (χ4v) is 2.48. The summed E-state index contributed by atoms with van der Waals surface area (Å²) in [4.78, 5) is 1.30. The third kappa shape index (κ3) is 1.74. The van der Waals surface area contributed by atoms with Gasteiger partial charge < -0.3 is 0 Å². The lowest BCUT2D eigenvalue weighted by Gasteiger charge is -2.37. The molecule has 2 atom stereocenters. The standard InChI is InChI=1S/C10H11F3N2/c11-10(12,13)7-15-8-2-1-4-9(15,6-14)5-3-8/h1,4,8H,2-3,5,7H2. The van der Waals surface area contributed by atoms with Crippen molar-refractivity contribution in [2.45, 2.75) is 37.0 Å². The normalized spacial score (nSPS) is 35.5. The lowest BCUT2D eigenvalue weighted by atomic mass is 9.96. The summed E-state index contributed by atoms with van der Waals surface area (Å²) in [7, 11) is 0. The zero-order chi connectivity index (χ0) is 11.1. The van der Waals surface area contributed by atoms with Gasteiger partial charge in [-0.2, -0.15) is 18.4 Å². The minimum atomic E-state index is -4.23. The fraction of sp³-hybridized carbons (Fsp3) is 0.700. The van der Waals surface area contributed by atoms with E-state index in [0.717, 1.165) is 0 Å². The molecule has 0 aromatic heterocycles. The lowest BCUT2D eigenvalue weighted by Crippen LogP contribution is -2.50. The van der Waals surface area contributed by atoms with Crippen molar-refractivity contribution in [1.82, 2.24) is 4.90 Å². The second-order valence-electron chi connectivity index (χ2n) is 4.11. The quantitative estimate of drug-likeness (QED) is 0.628. The maximum atomic E-state index is 12.3. The summed E-state index contributed by atoms with van der Waals surface area (Å²) in [5, 5.41) is 9.03. The van der Waals surface area contributed by atoms with Gasteiger partial charge in [0.2, 0.25) is 0 Å². The first-order chi connectivity index (χ1) is 6.97. The molecule has 2 rings (SSSR count). The monoisotopic (exact) mass is 216 g/mol. The molecule has 1 saturated heterocycles. The molecule has 2 nitrogen and oxygen atoms in total. The Morgan fingerprint density at radius 1 is 1.53 bits per heavy atom. The fourth-order valence-electron chi connectivity index (χ4n) is 2.48. The van der Waals surface area contributed by atoms with Gasteiger partial charge in [0.1, 0.15) is 5.54 Å². The zero-order valence-electron chi connectivity index (χ0n) is 8.09. The van der Waals surface area contributed by atoms with Crippen LogP contribution in [0.1, 0.15) is 19.3 Å². The molecule has 0 radical (unpaired) electrons. The molecule has 0 aromatic rings. The van der Waals surface area contributed by atoms with E-state index in [4.69, 9.17) is 5.26 Å². The van der Waals surface area contributed by atoms with E-state index < -0.39 is 18.3 Å². The van der Waals surface area contributed by atoms with Crippen molar-refractivity contribution < 1.29 is 13.2 Å². The van der Waals surface area contributed by atoms with Gasteiger partial charge in [0.15, 0.2) is 0 Å². The van der Waals surface area contributed by atoms with E-state index in [1.165, 1.54) is 4.90 Å². The van der Waals surface area contributed by atoms with Gasteiger partial charge in [-0.3, -0.25) is 4.90 Å². The van der Waals surface area contributed by atoms with Crippen molar-refractivity contribution in [3.8, 4) is 6.07 Å². The minimum Gasteiger partial charge on any atom is -0.270 e. The number of alkyl halides is 3. The summed E-state index contributed by atoms with van der Waals surface area (Å²) in [6.45, 7) is -0.977. The van der Waals surface area contributed by atoms with Crippen LogP contribution in [-0.2, 0) is 0 Å². The van der Waals surface area contributed by atoms with Crippen LogP contribution in [0.15, 0.2) is 12.2 Å². The minimum absolute atomic E-state index is 0.115. The Hall–Kier alpha value is -1.02. The van der Waals surface area contributed by atoms with Crippen LogP contribution in [0.2, 0.25) is 0 Å². The summed E-state index contributed by atoms with van der Waals surface area (Å²) in [5.74, 6) is 0. The van der Waals surface area contributed by atoms with E-state index >= 15 is 0 Å². The van der Waals surface area contributed by atoms with Crippen LogP contribution in [0.25, 0.3) is 0 Å². The van der Waals surface area contributed by atoms with Crippen molar-refractivity contribution >= 4 is 0 Å². The Bertz CT molecular complexity index is 329. The average Bonchev–Trinajstić information content (AvgIpc) is 2.35. The molecule has 5 heteroatoms. The molecular weight excluding hydrogens is 205 g/mol. The molecule has 2 unspecified atom stereocenters. The maximum Gasteiger partial charge on any atom is 0.401 e. The number of hydrogen-bond acceptors (Lipinski definition) is 2. The van der Waals surface area contributed by atoms with Gasteiger partial charge in [-0.1, -0.05) is 12.2 Å². The highest BCUT2D eigenvalue weighted by Gasteiger charge is 2.50. The molecular formula is C10H11F3N2. The first-order valence-corrected chi connectivity index (χ1v) is 4.89. The second-order valence-corrected chi connectivity index (χ2v) is 4.11. The molecule has 0 spiro atoms. The van der Waals surface area contributed by atoms with Crippen LogP contribution >= 0.6 is 0 Å². The molecule has 0 aromatic carbocycles. The van der Waals surface area contributed by atoms with E-state index in [1.807, 2.05) is 12.1 Å². The maximum absolute atomic E-state index is 12.3. The summed E-state index contributed by atoms with van der Waals surface area (Å²) in [5.41, 5.74) is -1.00. The second kappa shape index (κ2) is 3.24. The molecule has 0 N–H and O–H groups in total. The van der Waals surface area contributed by atoms with Gasteiger partial charge in [0.05, 0.1) is 12.6 Å². The van der Waals surface area contributed by atoms with Gasteiger partial charge in [-0.15, -0.1) is 0 Å². The molecule has 2 heterocycles. The lowest BCUT2D eigenvalue weighted by molar-refractivity contribution is -0.154. The SMILES string of the molecule is N#CC12C=CCC(CC1)N2CC(F)(F)F. The Morgan fingerprint density at radius 3 is 2.87 bits per heavy atom. The number of hydrogen-bond donors (Lipinski definition) is 0. The summed E-state index contributed by atoms with van der Waals surface area (Å²) in [6.07, 6.45) is 1.04. The summed E-state index contributed by atoms with van der Waals surface area (Å²) in [6, 6.07) is 1.91. The predicted octanol–water partition coefficient (Wildman–Crippen LogP) is 2.24. The van der Waals surface area contributed by atoms with Crippen LogP contribution in [0, 0.1) is 11.3 Å². The molecule has 1 fully saturated rings. The molecule has 0 saturated carbocycles. The Morgan fingerprint density at radius 2 is 2.27 bits per heavy atom. The van der Waals surface area contributed by atoms with Crippen LogP contribution in [0.3, 0.4) is 0 Å². The zero-order valence-corrected chi connectivity index (χ0v) is 8.09. The van der Waals surface area contributed by atoms with Gasteiger partial charge in [-0.25, -0.2) is 0 Å². The largest absolute Gasteiger partial charge is 0.401 e. The molecule has 2 aliphatic heterocycles. The smallest absolute Gasteiger partial charge is 0.270 e. The molecule has 0 amide bonds. The van der Waals surface area contributed by atoms with Gasteiger partial charge in [-0.05, 0) is 19.3 Å². The van der Waals surface area contributed by atoms with Crippen molar-refractivity contribution in [2.24, 2.45) is 0 Å². The van der Waals surface area contributed by atoms with E-state index in [9.17, 15) is 13.2 Å². The van der Waals surface area contributed by atoms with Crippen LogP contribution in [-0.4, -0.2) is 29.2 Å². The Kier molecular flexibility index (Phi) is 2.27. The molecule has 2 bridgehead atoms. The first-order valence-electron chi connectivity index (χ1n) is 4.89. The van der Waals surface area contributed by atoms with Gasteiger partial charge in [0.25, 0.3) is 0 Å². The third-order valence-electron chi connectivity index (χ3n) is 3.16. The van der Waals surface area contributed by atoms with E-state index in [0.29, 0.717) is 19.3 Å². The molecule has 2 aliphatic rings. The Labute approximate surface area is 86.0 Å². The number of nitrogens with zero attached hydrogens (tertiary/aromatic N) is 2. The van der Waals surface area contributed by atoms with Crippen molar-refractivity contribution in [3.63, 3.8) is 0 Å². The highest BCUT2D eigenvalue weighted by atomic mass is 19.4. The van der Waals surface area contributed by atoms with Gasteiger partial charge >= 0.3 is 6.18 Å². The van der Waals surface area contributed by atoms with Crippen molar-refractivity contribution in [2.75, 3.05) is 6.54 Å². The third-order valence-corrected chi connectivity index (χ3v) is 3.16. The van der Waals surface area contributed by atoms with E-state index in [1.54, 1.807) is 6.08 Å². The van der Waals surface area contributed by atoms with Crippen LogP contribution in [0.5, 0.6) is 0 Å². The van der Waals surface area contributed by atoms with Crippen molar-refractivity contribution in [1.29, 1.82) is 5.26 Å². The first kappa shape index (κ1) is 10.5. The average molecular weight is 216 g/mol. The number of rotatable bonds is 1. The van der Waals surface area contributed by atoms with Crippen LogP contribution in [0.4, 0.5) is 13.2 Å². The highest BCUT2D eigenvalue weighted by Crippen LogP contribution is 2.41. The highest BCUT2D eigenvalue weighted by molar-refractivity contribution is 5.28. The van der Waals surface area contributed by atoms with E-state index in [2.05, 4.69) is 0 Å². The number of nitriles is 1. The Balaban J connectivity index is 2.25. The topological polar surface area (TPSA) is 27.0 Å². The summed E-state index contributed by atoms with van der Waals surface area (Å²) >= 11 is 0. The molecule has 82 valence electrons. The number of fused-ring (bicyclic) bond motifs is 2. The predicted molar refractivity (Wildman–Crippen MR) is 47.9 cm³/mol. The molecule has 15 heavy (non-hydrogen) atoms. The summed E-state index contributed by atoms with van der Waals surface area (Å²) < 4.78 is 37.0. The molecule has 0 aliphatic carbocycles. The van der Waals surface area contributed by atoms with Crippen molar-refractivity contribution in [3.05, 3.63) is 12.2 Å². The van der Waals surface area contributed by atoms with E-state index in [-0.39, 0.29) is 6.04 Å². The van der Waals surface area contributed by atoms with Crippen LogP contribution < -0.4 is 0 Å². The number of halogens is 3.